The van der Waals surface area contributed by atoms with Crippen molar-refractivity contribution in [3.63, 3.8) is 0 Å². The molecule has 0 aromatic carbocycles. The summed E-state index contributed by atoms with van der Waals surface area (Å²) in [5.41, 5.74) is 2.03. The Bertz CT molecular complexity index is 315. The first-order valence-electron chi connectivity index (χ1n) is 5.81. The van der Waals surface area contributed by atoms with Crippen molar-refractivity contribution in [2.24, 2.45) is 5.41 Å². The van der Waals surface area contributed by atoms with Gasteiger partial charge in [-0.2, -0.15) is 0 Å². The van der Waals surface area contributed by atoms with Crippen molar-refractivity contribution in [3.05, 3.63) is 36.0 Å². The van der Waals surface area contributed by atoms with Gasteiger partial charge in [-0.3, -0.25) is 0 Å². The Morgan fingerprint density at radius 1 is 1.62 bits per heavy atom. The van der Waals surface area contributed by atoms with E-state index in [4.69, 9.17) is 5.11 Å². The van der Waals surface area contributed by atoms with Crippen LogP contribution in [0.25, 0.3) is 0 Å². The highest BCUT2D eigenvalue weighted by Gasteiger charge is 2.35. The molecule has 0 radical (unpaired) electrons. The minimum absolute atomic E-state index is 0.0566. The predicted octanol–water partition coefficient (Wildman–Crippen LogP) is 2.59. The molecule has 1 aliphatic rings. The molecule has 2 atom stereocenters. The second-order valence-electron chi connectivity index (χ2n) is 4.84. The summed E-state index contributed by atoms with van der Waals surface area (Å²) in [5.74, 6) is 0. The maximum atomic E-state index is 9.65. The van der Waals surface area contributed by atoms with Gasteiger partial charge in [-0.1, -0.05) is 37.3 Å². The van der Waals surface area contributed by atoms with Crippen LogP contribution >= 0.6 is 0 Å². The third kappa shape index (κ3) is 3.06. The van der Waals surface area contributed by atoms with Gasteiger partial charge in [-0.05, 0) is 31.8 Å². The zero-order chi connectivity index (χ0) is 12.2. The van der Waals surface area contributed by atoms with Crippen LogP contribution in [0.1, 0.15) is 33.1 Å². The van der Waals surface area contributed by atoms with E-state index in [0.29, 0.717) is 0 Å². The van der Waals surface area contributed by atoms with Crippen molar-refractivity contribution >= 4 is 0 Å². The van der Waals surface area contributed by atoms with Gasteiger partial charge in [0.15, 0.2) is 0 Å². The summed E-state index contributed by atoms with van der Waals surface area (Å²) < 4.78 is 0. The number of aliphatic hydroxyl groups is 2. The van der Waals surface area contributed by atoms with Gasteiger partial charge in [0.1, 0.15) is 0 Å². The summed E-state index contributed by atoms with van der Waals surface area (Å²) in [4.78, 5) is 0. The third-order valence-corrected chi connectivity index (χ3v) is 3.44. The van der Waals surface area contributed by atoms with Gasteiger partial charge in [0.2, 0.25) is 0 Å². The molecule has 1 fully saturated rings. The first-order valence-corrected chi connectivity index (χ1v) is 5.81. The Kier molecular flexibility index (Phi) is 4.51. The zero-order valence-electron chi connectivity index (χ0n) is 10.2. The highest BCUT2D eigenvalue weighted by molar-refractivity contribution is 5.26. The van der Waals surface area contributed by atoms with Crippen molar-refractivity contribution < 1.29 is 10.2 Å². The highest BCUT2D eigenvalue weighted by atomic mass is 16.3. The minimum atomic E-state index is -0.344. The van der Waals surface area contributed by atoms with Crippen molar-refractivity contribution in [2.75, 3.05) is 6.61 Å². The Morgan fingerprint density at radius 3 is 2.81 bits per heavy atom. The van der Waals surface area contributed by atoms with Crippen LogP contribution in [0, 0.1) is 5.41 Å². The topological polar surface area (TPSA) is 40.5 Å². The zero-order valence-corrected chi connectivity index (χ0v) is 10.2. The van der Waals surface area contributed by atoms with Gasteiger partial charge >= 0.3 is 0 Å². The molecule has 0 spiro atoms. The summed E-state index contributed by atoms with van der Waals surface area (Å²) in [6.07, 6.45) is 8.33. The Balaban J connectivity index is 2.57. The molecule has 0 heterocycles. The standard InChI is InChI=1S/C14H22O2/c1-11(7-10-15)5-4-8-14(3)9-6-13(16)12(14)2/h4,7-8,13,15-16H,2,5-6,9-10H2,1,3H3/b8-4+,11-7+/t13-,14-/m1/s1. The molecule has 0 aromatic heterocycles. The first-order chi connectivity index (χ1) is 7.49. The molecule has 1 aliphatic carbocycles. The summed E-state index contributed by atoms with van der Waals surface area (Å²) in [7, 11) is 0. The van der Waals surface area contributed by atoms with E-state index < -0.39 is 0 Å². The van der Waals surface area contributed by atoms with Crippen LogP contribution in [0.2, 0.25) is 0 Å². The monoisotopic (exact) mass is 222 g/mol. The molecule has 0 bridgehead atoms. The van der Waals surface area contributed by atoms with Crippen molar-refractivity contribution in [2.45, 2.75) is 39.2 Å². The first kappa shape index (κ1) is 13.2. The van der Waals surface area contributed by atoms with Crippen LogP contribution in [0.15, 0.2) is 36.0 Å². The van der Waals surface area contributed by atoms with E-state index in [1.54, 1.807) is 0 Å². The largest absolute Gasteiger partial charge is 0.392 e. The number of aliphatic hydroxyl groups excluding tert-OH is 2. The van der Waals surface area contributed by atoms with Crippen molar-refractivity contribution in [1.29, 1.82) is 0 Å². The second kappa shape index (κ2) is 5.46. The van der Waals surface area contributed by atoms with Crippen LogP contribution in [0.3, 0.4) is 0 Å². The molecule has 0 aromatic rings. The van der Waals surface area contributed by atoms with Gasteiger partial charge in [0, 0.05) is 5.41 Å². The summed E-state index contributed by atoms with van der Waals surface area (Å²) >= 11 is 0. The fourth-order valence-electron chi connectivity index (χ4n) is 2.09. The Labute approximate surface area is 98.0 Å². The summed E-state index contributed by atoms with van der Waals surface area (Å²) in [5, 5.41) is 18.4. The molecule has 0 unspecified atom stereocenters. The van der Waals surface area contributed by atoms with Crippen molar-refractivity contribution in [3.8, 4) is 0 Å². The van der Waals surface area contributed by atoms with E-state index in [1.165, 1.54) is 0 Å². The van der Waals surface area contributed by atoms with Crippen LogP contribution < -0.4 is 0 Å². The summed E-state index contributed by atoms with van der Waals surface area (Å²) in [6.45, 7) is 8.19. The minimum Gasteiger partial charge on any atom is -0.392 e. The lowest BCUT2D eigenvalue weighted by Crippen LogP contribution is -2.13. The molecule has 2 N–H and O–H groups in total. The number of rotatable bonds is 4. The van der Waals surface area contributed by atoms with Gasteiger partial charge in [0.25, 0.3) is 0 Å². The lowest BCUT2D eigenvalue weighted by Gasteiger charge is -2.21. The fraction of sp³-hybridized carbons (Fsp3) is 0.571. The normalized spacial score (nSPS) is 31.6. The van der Waals surface area contributed by atoms with E-state index in [-0.39, 0.29) is 18.1 Å². The molecule has 1 saturated carbocycles. The quantitative estimate of drug-likeness (QED) is 0.718. The molecule has 2 nitrogen and oxygen atoms in total. The molecule has 90 valence electrons. The molecule has 1 rings (SSSR count). The van der Waals surface area contributed by atoms with Crippen LogP contribution in [0.4, 0.5) is 0 Å². The van der Waals surface area contributed by atoms with Crippen LogP contribution in [-0.2, 0) is 0 Å². The number of hydrogen-bond donors (Lipinski definition) is 2. The SMILES string of the molecule is C=C1[C@H](O)CC[C@@]1(C)/C=C/C/C(C)=C/CO. The number of allylic oxidation sites excluding steroid dienone is 3. The average Bonchev–Trinajstić information content (AvgIpc) is 2.47. The van der Waals surface area contributed by atoms with E-state index in [0.717, 1.165) is 30.4 Å². The van der Waals surface area contributed by atoms with Crippen LogP contribution in [0.5, 0.6) is 0 Å². The maximum absolute atomic E-state index is 9.65. The van der Waals surface area contributed by atoms with Crippen LogP contribution in [-0.4, -0.2) is 22.9 Å². The van der Waals surface area contributed by atoms with E-state index in [9.17, 15) is 5.11 Å². The lowest BCUT2D eigenvalue weighted by atomic mass is 9.84. The van der Waals surface area contributed by atoms with E-state index >= 15 is 0 Å². The molecule has 2 heteroatoms. The molecule has 0 amide bonds. The second-order valence-corrected chi connectivity index (χ2v) is 4.84. The molecule has 16 heavy (non-hydrogen) atoms. The number of hydrogen-bond acceptors (Lipinski definition) is 2. The summed E-state index contributed by atoms with van der Waals surface area (Å²) in [6, 6.07) is 0. The van der Waals surface area contributed by atoms with Gasteiger partial charge in [-0.25, -0.2) is 0 Å². The van der Waals surface area contributed by atoms with Gasteiger partial charge in [-0.15, -0.1) is 0 Å². The molecule has 0 saturated heterocycles. The van der Waals surface area contributed by atoms with E-state index in [1.807, 2.05) is 13.0 Å². The predicted molar refractivity (Wildman–Crippen MR) is 67.1 cm³/mol. The molecular weight excluding hydrogens is 200 g/mol. The molecular formula is C14H22O2. The van der Waals surface area contributed by atoms with Crippen molar-refractivity contribution in [1.82, 2.24) is 0 Å². The Morgan fingerprint density at radius 2 is 2.31 bits per heavy atom. The smallest absolute Gasteiger partial charge is 0.0756 e. The fourth-order valence-corrected chi connectivity index (χ4v) is 2.09. The van der Waals surface area contributed by atoms with Gasteiger partial charge < -0.3 is 10.2 Å². The third-order valence-electron chi connectivity index (χ3n) is 3.44. The average molecular weight is 222 g/mol. The van der Waals surface area contributed by atoms with Gasteiger partial charge in [0.05, 0.1) is 12.7 Å². The van der Waals surface area contributed by atoms with E-state index in [2.05, 4.69) is 25.7 Å². The Hall–Kier alpha value is -0.860. The molecule has 0 aliphatic heterocycles. The highest BCUT2D eigenvalue weighted by Crippen LogP contribution is 2.42. The lowest BCUT2D eigenvalue weighted by molar-refractivity contribution is 0.217. The maximum Gasteiger partial charge on any atom is 0.0756 e.